The highest BCUT2D eigenvalue weighted by Crippen LogP contribution is 2.30. The SMILES string of the molecule is O=C(Cc1c(C(=O)O)n(Cc2cccc3ccccc23)c2ccc(F)cc12)NCCO. The molecule has 0 aliphatic carbocycles. The van der Waals surface area contributed by atoms with Crippen LogP contribution in [0.2, 0.25) is 0 Å². The average molecular weight is 420 g/mol. The molecule has 0 aliphatic rings. The number of nitrogens with one attached hydrogen (secondary N) is 1. The summed E-state index contributed by atoms with van der Waals surface area (Å²) in [5.74, 6) is -2.14. The summed E-state index contributed by atoms with van der Waals surface area (Å²) in [6.07, 6.45) is -0.232. The Morgan fingerprint density at radius 3 is 2.55 bits per heavy atom. The minimum Gasteiger partial charge on any atom is -0.477 e. The summed E-state index contributed by atoms with van der Waals surface area (Å²) < 4.78 is 15.7. The number of hydrogen-bond acceptors (Lipinski definition) is 3. The molecule has 0 fully saturated rings. The number of nitrogens with zero attached hydrogens (tertiary/aromatic N) is 1. The van der Waals surface area contributed by atoms with Gasteiger partial charge in [0.2, 0.25) is 5.91 Å². The summed E-state index contributed by atoms with van der Waals surface area (Å²) in [7, 11) is 0. The molecule has 31 heavy (non-hydrogen) atoms. The smallest absolute Gasteiger partial charge is 0.352 e. The highest BCUT2D eigenvalue weighted by atomic mass is 19.1. The second-order valence-corrected chi connectivity index (χ2v) is 7.27. The maximum atomic E-state index is 14.0. The third-order valence-electron chi connectivity index (χ3n) is 5.31. The maximum absolute atomic E-state index is 14.0. The van der Waals surface area contributed by atoms with Crippen LogP contribution in [-0.2, 0) is 17.8 Å². The van der Waals surface area contributed by atoms with Gasteiger partial charge in [0.1, 0.15) is 11.5 Å². The van der Waals surface area contributed by atoms with E-state index in [-0.39, 0.29) is 37.4 Å². The van der Waals surface area contributed by atoms with E-state index in [4.69, 9.17) is 5.11 Å². The maximum Gasteiger partial charge on any atom is 0.352 e. The van der Waals surface area contributed by atoms with Crippen LogP contribution >= 0.6 is 0 Å². The number of aromatic nitrogens is 1. The fourth-order valence-corrected chi connectivity index (χ4v) is 4.00. The summed E-state index contributed by atoms with van der Waals surface area (Å²) in [4.78, 5) is 24.6. The molecule has 0 atom stereocenters. The number of carboxylic acid groups (broad SMARTS) is 1. The van der Waals surface area contributed by atoms with Crippen LogP contribution in [-0.4, -0.2) is 39.8 Å². The number of amides is 1. The molecule has 0 unspecified atom stereocenters. The topological polar surface area (TPSA) is 91.6 Å². The number of aliphatic hydroxyl groups excluding tert-OH is 1. The number of carboxylic acids is 1. The van der Waals surface area contributed by atoms with Crippen molar-refractivity contribution in [1.82, 2.24) is 9.88 Å². The molecule has 1 aromatic heterocycles. The number of carbonyl (C=O) groups is 2. The predicted octanol–water partition coefficient (Wildman–Crippen LogP) is 3.33. The molecule has 7 heteroatoms. The van der Waals surface area contributed by atoms with E-state index in [9.17, 15) is 19.1 Å². The van der Waals surface area contributed by atoms with E-state index < -0.39 is 17.7 Å². The normalized spacial score (nSPS) is 11.2. The first-order valence-electron chi connectivity index (χ1n) is 9.87. The Balaban J connectivity index is 1.89. The lowest BCUT2D eigenvalue weighted by Gasteiger charge is -2.12. The van der Waals surface area contributed by atoms with Crippen molar-refractivity contribution in [2.24, 2.45) is 0 Å². The van der Waals surface area contributed by atoms with Crippen molar-refractivity contribution in [3.63, 3.8) is 0 Å². The van der Waals surface area contributed by atoms with Gasteiger partial charge >= 0.3 is 5.97 Å². The molecule has 0 spiro atoms. The second kappa shape index (κ2) is 8.57. The third kappa shape index (κ3) is 4.00. The van der Waals surface area contributed by atoms with Crippen LogP contribution in [0.3, 0.4) is 0 Å². The summed E-state index contributed by atoms with van der Waals surface area (Å²) >= 11 is 0. The van der Waals surface area contributed by atoms with Crippen LogP contribution in [0.4, 0.5) is 4.39 Å². The number of halogens is 1. The van der Waals surface area contributed by atoms with Crippen molar-refractivity contribution in [3.8, 4) is 0 Å². The number of carbonyl (C=O) groups excluding carboxylic acids is 1. The highest BCUT2D eigenvalue weighted by molar-refractivity contribution is 6.01. The Morgan fingerprint density at radius 1 is 1.00 bits per heavy atom. The molecule has 158 valence electrons. The van der Waals surface area contributed by atoms with E-state index in [0.717, 1.165) is 16.3 Å². The standard InChI is InChI=1S/C24H21FN2O4/c25-17-8-9-21-19(12-17)20(13-22(29)26-10-11-28)23(24(30)31)27(21)14-16-6-3-5-15-4-1-2-7-18(15)16/h1-9,12,28H,10-11,13-14H2,(H,26,29)(H,30,31). The van der Waals surface area contributed by atoms with Gasteiger partial charge in [0.25, 0.3) is 0 Å². The van der Waals surface area contributed by atoms with Crippen molar-refractivity contribution >= 4 is 33.6 Å². The number of aromatic carboxylic acids is 1. The fourth-order valence-electron chi connectivity index (χ4n) is 4.00. The van der Waals surface area contributed by atoms with Crippen molar-refractivity contribution in [2.75, 3.05) is 13.2 Å². The summed E-state index contributed by atoms with van der Waals surface area (Å²) in [5.41, 5.74) is 1.65. The zero-order valence-electron chi connectivity index (χ0n) is 16.6. The van der Waals surface area contributed by atoms with E-state index in [0.29, 0.717) is 10.9 Å². The van der Waals surface area contributed by atoms with Gasteiger partial charge in [0.15, 0.2) is 0 Å². The molecule has 6 nitrogen and oxygen atoms in total. The molecular weight excluding hydrogens is 399 g/mol. The minimum absolute atomic E-state index is 0.0484. The van der Waals surface area contributed by atoms with Crippen molar-refractivity contribution < 1.29 is 24.2 Å². The summed E-state index contributed by atoms with van der Waals surface area (Å²) in [5, 5.41) is 23.9. The summed E-state index contributed by atoms with van der Waals surface area (Å²) in [6.45, 7) is 0.0859. The molecule has 3 aromatic carbocycles. The fraction of sp³-hybridized carbons (Fsp3) is 0.167. The van der Waals surface area contributed by atoms with Crippen LogP contribution in [0.5, 0.6) is 0 Å². The molecule has 0 saturated heterocycles. The van der Waals surface area contributed by atoms with Crippen LogP contribution in [0.1, 0.15) is 21.6 Å². The van der Waals surface area contributed by atoms with Gasteiger partial charge in [0, 0.05) is 29.6 Å². The van der Waals surface area contributed by atoms with Gasteiger partial charge in [-0.2, -0.15) is 0 Å². The quantitative estimate of drug-likeness (QED) is 0.428. The second-order valence-electron chi connectivity index (χ2n) is 7.27. The molecule has 4 aromatic rings. The van der Waals surface area contributed by atoms with Crippen LogP contribution in [0, 0.1) is 5.82 Å². The number of hydrogen-bond donors (Lipinski definition) is 3. The van der Waals surface area contributed by atoms with Crippen molar-refractivity contribution in [1.29, 1.82) is 0 Å². The third-order valence-corrected chi connectivity index (χ3v) is 5.31. The minimum atomic E-state index is -1.19. The molecule has 3 N–H and O–H groups in total. The lowest BCUT2D eigenvalue weighted by molar-refractivity contribution is -0.120. The van der Waals surface area contributed by atoms with Crippen LogP contribution in [0.15, 0.2) is 60.7 Å². The van der Waals surface area contributed by atoms with Crippen LogP contribution in [0.25, 0.3) is 21.7 Å². The molecular formula is C24H21FN2O4. The first kappa shape index (κ1) is 20.6. The summed E-state index contributed by atoms with van der Waals surface area (Å²) in [6, 6.07) is 17.7. The lowest BCUT2D eigenvalue weighted by Crippen LogP contribution is -2.28. The van der Waals surface area contributed by atoms with E-state index >= 15 is 0 Å². The Morgan fingerprint density at radius 2 is 1.77 bits per heavy atom. The van der Waals surface area contributed by atoms with Gasteiger partial charge in [-0.05, 0) is 34.5 Å². The van der Waals surface area contributed by atoms with Gasteiger partial charge in [0.05, 0.1) is 13.0 Å². The molecule has 0 aliphatic heterocycles. The van der Waals surface area contributed by atoms with Gasteiger partial charge in [-0.3, -0.25) is 4.79 Å². The van der Waals surface area contributed by atoms with Gasteiger partial charge < -0.3 is 20.1 Å². The largest absolute Gasteiger partial charge is 0.477 e. The van der Waals surface area contributed by atoms with E-state index in [1.165, 1.54) is 18.2 Å². The number of benzene rings is 3. The molecule has 1 heterocycles. The monoisotopic (exact) mass is 420 g/mol. The van der Waals surface area contributed by atoms with Gasteiger partial charge in [-0.1, -0.05) is 42.5 Å². The van der Waals surface area contributed by atoms with E-state index in [2.05, 4.69) is 5.32 Å². The van der Waals surface area contributed by atoms with Crippen molar-refractivity contribution in [2.45, 2.75) is 13.0 Å². The molecule has 1 amide bonds. The lowest BCUT2D eigenvalue weighted by atomic mass is 10.0. The number of fused-ring (bicyclic) bond motifs is 2. The molecule has 0 radical (unpaired) electrons. The Hall–Kier alpha value is -3.71. The first-order valence-corrected chi connectivity index (χ1v) is 9.87. The molecule has 0 bridgehead atoms. The Kier molecular flexibility index (Phi) is 5.68. The Labute approximate surface area is 177 Å². The molecule has 0 saturated carbocycles. The number of aliphatic hydroxyl groups is 1. The zero-order chi connectivity index (χ0) is 22.0. The van der Waals surface area contributed by atoms with E-state index in [1.807, 2.05) is 42.5 Å². The zero-order valence-corrected chi connectivity index (χ0v) is 16.6. The molecule has 4 rings (SSSR count). The average Bonchev–Trinajstić information content (AvgIpc) is 3.05. The Bertz CT molecular complexity index is 1290. The van der Waals surface area contributed by atoms with Crippen LogP contribution < -0.4 is 5.32 Å². The van der Waals surface area contributed by atoms with Crippen molar-refractivity contribution in [3.05, 3.63) is 83.3 Å². The van der Waals surface area contributed by atoms with Gasteiger partial charge in [-0.15, -0.1) is 0 Å². The first-order chi connectivity index (χ1) is 15.0. The van der Waals surface area contributed by atoms with Gasteiger partial charge in [-0.25, -0.2) is 9.18 Å². The predicted molar refractivity (Wildman–Crippen MR) is 116 cm³/mol. The van der Waals surface area contributed by atoms with E-state index in [1.54, 1.807) is 4.57 Å². The number of rotatable bonds is 7. The highest BCUT2D eigenvalue weighted by Gasteiger charge is 2.25.